The number of para-hydroxylation sites is 1. The van der Waals surface area contributed by atoms with E-state index in [1.54, 1.807) is 12.1 Å². The highest BCUT2D eigenvalue weighted by Crippen LogP contribution is 2.27. The Bertz CT molecular complexity index is 839. The Hall–Kier alpha value is -2.59. The average molecular weight is 319 g/mol. The fourth-order valence-corrected chi connectivity index (χ4v) is 3.43. The van der Waals surface area contributed by atoms with E-state index in [1.807, 2.05) is 18.2 Å². The molecule has 0 amide bonds. The van der Waals surface area contributed by atoms with Crippen molar-refractivity contribution in [3.8, 4) is 11.4 Å². The summed E-state index contributed by atoms with van der Waals surface area (Å²) in [6.07, 6.45) is 3.43. The third-order valence-corrected chi connectivity index (χ3v) is 4.55. The van der Waals surface area contributed by atoms with Crippen LogP contribution in [0.25, 0.3) is 5.69 Å². The van der Waals surface area contributed by atoms with Crippen molar-refractivity contribution in [2.75, 3.05) is 0 Å². The molecule has 0 radical (unpaired) electrons. The van der Waals surface area contributed by atoms with Gasteiger partial charge in [0.1, 0.15) is 5.75 Å². The van der Waals surface area contributed by atoms with Gasteiger partial charge in [-0.15, -0.1) is 0 Å². The first kappa shape index (κ1) is 15.0. The van der Waals surface area contributed by atoms with Gasteiger partial charge in [-0.2, -0.15) is 5.10 Å². The predicted molar refractivity (Wildman–Crippen MR) is 94.2 cm³/mol. The lowest BCUT2D eigenvalue weighted by Gasteiger charge is -2.06. The van der Waals surface area contributed by atoms with Crippen LogP contribution in [0.5, 0.6) is 5.75 Å². The molecule has 0 spiro atoms. The molecule has 0 fully saturated rings. The van der Waals surface area contributed by atoms with E-state index in [2.05, 4.69) is 34.3 Å². The van der Waals surface area contributed by atoms with E-state index in [0.29, 0.717) is 5.75 Å². The van der Waals surface area contributed by atoms with Crippen LogP contribution in [0, 0.1) is 0 Å². The first-order valence-electron chi connectivity index (χ1n) is 8.45. The molecule has 0 atom stereocenters. The molecule has 1 aromatic heterocycles. The Labute approximate surface area is 141 Å². The molecule has 0 saturated carbocycles. The molecule has 2 aromatic carbocycles. The Morgan fingerprint density at radius 3 is 2.71 bits per heavy atom. The number of phenolic OH excluding ortho intramolecular Hbond substituents is 1. The largest absolute Gasteiger partial charge is 0.508 e. The van der Waals surface area contributed by atoms with Crippen molar-refractivity contribution in [1.29, 1.82) is 0 Å². The lowest BCUT2D eigenvalue weighted by atomic mass is 10.2. The van der Waals surface area contributed by atoms with E-state index >= 15 is 0 Å². The molecule has 24 heavy (non-hydrogen) atoms. The third kappa shape index (κ3) is 2.93. The zero-order chi connectivity index (χ0) is 16.4. The summed E-state index contributed by atoms with van der Waals surface area (Å²) < 4.78 is 2.10. The Balaban J connectivity index is 1.52. The summed E-state index contributed by atoms with van der Waals surface area (Å²) in [6, 6.07) is 17.7. The van der Waals surface area contributed by atoms with Gasteiger partial charge in [-0.25, -0.2) is 4.68 Å². The average Bonchev–Trinajstić information content (AvgIpc) is 3.19. The molecule has 4 nitrogen and oxygen atoms in total. The van der Waals surface area contributed by atoms with Crippen molar-refractivity contribution in [3.05, 3.63) is 77.1 Å². The van der Waals surface area contributed by atoms with Crippen LogP contribution in [0.1, 0.15) is 28.9 Å². The van der Waals surface area contributed by atoms with Gasteiger partial charge in [-0.05, 0) is 54.7 Å². The fourth-order valence-electron chi connectivity index (χ4n) is 3.43. The van der Waals surface area contributed by atoms with Crippen molar-refractivity contribution >= 4 is 0 Å². The van der Waals surface area contributed by atoms with Crippen LogP contribution < -0.4 is 5.32 Å². The minimum atomic E-state index is 0.309. The highest BCUT2D eigenvalue weighted by Gasteiger charge is 2.22. The summed E-state index contributed by atoms with van der Waals surface area (Å²) in [5.74, 6) is 0.309. The Morgan fingerprint density at radius 1 is 1.00 bits per heavy atom. The number of nitrogens with one attached hydrogen (secondary N) is 1. The minimum absolute atomic E-state index is 0.309. The number of hydrogen-bond donors (Lipinski definition) is 2. The molecule has 0 aliphatic heterocycles. The van der Waals surface area contributed by atoms with E-state index in [0.717, 1.165) is 42.9 Å². The second-order valence-corrected chi connectivity index (χ2v) is 6.25. The van der Waals surface area contributed by atoms with E-state index in [4.69, 9.17) is 5.10 Å². The van der Waals surface area contributed by atoms with Gasteiger partial charge < -0.3 is 10.4 Å². The molecule has 4 rings (SSSR count). The van der Waals surface area contributed by atoms with Crippen molar-refractivity contribution in [3.63, 3.8) is 0 Å². The van der Waals surface area contributed by atoms with Crippen LogP contribution in [-0.2, 0) is 25.9 Å². The van der Waals surface area contributed by atoms with Gasteiger partial charge in [0, 0.05) is 18.8 Å². The number of hydrogen-bond acceptors (Lipinski definition) is 3. The molecule has 1 aliphatic carbocycles. The summed E-state index contributed by atoms with van der Waals surface area (Å²) in [4.78, 5) is 0. The Morgan fingerprint density at radius 2 is 1.88 bits per heavy atom. The van der Waals surface area contributed by atoms with Crippen LogP contribution >= 0.6 is 0 Å². The van der Waals surface area contributed by atoms with Crippen molar-refractivity contribution in [2.45, 2.75) is 32.4 Å². The number of rotatable bonds is 5. The smallest absolute Gasteiger partial charge is 0.115 e. The van der Waals surface area contributed by atoms with Crippen LogP contribution in [0.2, 0.25) is 0 Å². The van der Waals surface area contributed by atoms with Crippen LogP contribution in [0.3, 0.4) is 0 Å². The minimum Gasteiger partial charge on any atom is -0.508 e. The zero-order valence-electron chi connectivity index (χ0n) is 13.6. The quantitative estimate of drug-likeness (QED) is 0.758. The SMILES string of the molecule is Oc1cccc(CNCc2nn(-c3ccccc3)c3c2CCC3)c1. The van der Waals surface area contributed by atoms with Gasteiger partial charge >= 0.3 is 0 Å². The van der Waals surface area contributed by atoms with E-state index < -0.39 is 0 Å². The maximum Gasteiger partial charge on any atom is 0.115 e. The van der Waals surface area contributed by atoms with Crippen LogP contribution in [-0.4, -0.2) is 14.9 Å². The highest BCUT2D eigenvalue weighted by atomic mass is 16.3. The van der Waals surface area contributed by atoms with E-state index in [-0.39, 0.29) is 0 Å². The maximum absolute atomic E-state index is 9.54. The number of fused-ring (bicyclic) bond motifs is 1. The third-order valence-electron chi connectivity index (χ3n) is 4.55. The number of nitrogens with zero attached hydrogens (tertiary/aromatic N) is 2. The standard InChI is InChI=1S/C20H21N3O/c24-17-9-4-6-15(12-17)13-21-14-19-18-10-5-11-20(18)23(22-19)16-7-2-1-3-8-16/h1-4,6-9,12,21,24H,5,10-11,13-14H2. The fraction of sp³-hybridized carbons (Fsp3) is 0.250. The molecule has 0 saturated heterocycles. The van der Waals surface area contributed by atoms with Gasteiger partial charge in [0.2, 0.25) is 0 Å². The molecular formula is C20H21N3O. The summed E-state index contributed by atoms with van der Waals surface area (Å²) in [6.45, 7) is 1.47. The summed E-state index contributed by atoms with van der Waals surface area (Å²) >= 11 is 0. The molecule has 2 N–H and O–H groups in total. The zero-order valence-corrected chi connectivity index (χ0v) is 13.6. The maximum atomic E-state index is 9.54. The summed E-state index contributed by atoms with van der Waals surface area (Å²) in [7, 11) is 0. The molecule has 4 heteroatoms. The van der Waals surface area contributed by atoms with Crippen molar-refractivity contribution in [1.82, 2.24) is 15.1 Å². The lowest BCUT2D eigenvalue weighted by molar-refractivity contribution is 0.474. The molecule has 0 unspecified atom stereocenters. The molecule has 3 aromatic rings. The normalized spacial score (nSPS) is 13.2. The van der Waals surface area contributed by atoms with Crippen molar-refractivity contribution < 1.29 is 5.11 Å². The second kappa shape index (κ2) is 6.49. The van der Waals surface area contributed by atoms with Gasteiger partial charge in [-0.1, -0.05) is 30.3 Å². The van der Waals surface area contributed by atoms with Gasteiger partial charge in [0.15, 0.2) is 0 Å². The van der Waals surface area contributed by atoms with E-state index in [9.17, 15) is 5.11 Å². The summed E-state index contributed by atoms with van der Waals surface area (Å²) in [5, 5.41) is 17.9. The van der Waals surface area contributed by atoms with Crippen molar-refractivity contribution in [2.24, 2.45) is 0 Å². The Kier molecular flexibility index (Phi) is 4.05. The van der Waals surface area contributed by atoms with Gasteiger partial charge in [-0.3, -0.25) is 0 Å². The second-order valence-electron chi connectivity index (χ2n) is 6.25. The highest BCUT2D eigenvalue weighted by molar-refractivity contribution is 5.40. The molecule has 1 aliphatic rings. The van der Waals surface area contributed by atoms with E-state index in [1.165, 1.54) is 17.7 Å². The lowest BCUT2D eigenvalue weighted by Crippen LogP contribution is -2.14. The van der Waals surface area contributed by atoms with Gasteiger partial charge in [0.05, 0.1) is 11.4 Å². The molecule has 122 valence electrons. The number of aromatic hydroxyl groups is 1. The first-order chi connectivity index (χ1) is 11.8. The number of phenols is 1. The summed E-state index contributed by atoms with van der Waals surface area (Å²) in [5.41, 5.74) is 6.12. The number of aromatic nitrogens is 2. The monoisotopic (exact) mass is 319 g/mol. The first-order valence-corrected chi connectivity index (χ1v) is 8.45. The molecular weight excluding hydrogens is 298 g/mol. The topological polar surface area (TPSA) is 50.1 Å². The predicted octanol–water partition coefficient (Wildman–Crippen LogP) is 3.36. The van der Waals surface area contributed by atoms with Crippen LogP contribution in [0.15, 0.2) is 54.6 Å². The molecule has 1 heterocycles. The molecule has 0 bridgehead atoms. The van der Waals surface area contributed by atoms with Crippen LogP contribution in [0.4, 0.5) is 0 Å². The number of benzene rings is 2. The van der Waals surface area contributed by atoms with Gasteiger partial charge in [0.25, 0.3) is 0 Å².